The fourth-order valence-electron chi connectivity index (χ4n) is 2.60. The molecule has 1 aliphatic heterocycles. The van der Waals surface area contributed by atoms with Gasteiger partial charge in [0.15, 0.2) is 0 Å². The van der Waals surface area contributed by atoms with Crippen molar-refractivity contribution in [3.05, 3.63) is 40.6 Å². The molecular formula is C17H20N2O3S. The van der Waals surface area contributed by atoms with Crippen molar-refractivity contribution in [3.63, 3.8) is 0 Å². The van der Waals surface area contributed by atoms with Gasteiger partial charge in [0.2, 0.25) is 5.91 Å². The lowest BCUT2D eigenvalue weighted by Gasteiger charge is -2.24. The Hall–Kier alpha value is -2.08. The zero-order valence-electron chi connectivity index (χ0n) is 13.5. The van der Waals surface area contributed by atoms with Crippen LogP contribution in [-0.2, 0) is 4.79 Å². The van der Waals surface area contributed by atoms with Crippen LogP contribution in [0.25, 0.3) is 11.0 Å². The molecule has 23 heavy (non-hydrogen) atoms. The van der Waals surface area contributed by atoms with Gasteiger partial charge in [0.05, 0.1) is 5.88 Å². The zero-order chi connectivity index (χ0) is 16.6. The molecule has 0 fully saturated rings. The molecule has 5 nitrogen and oxygen atoms in total. The molecule has 0 spiro atoms. The third kappa shape index (κ3) is 3.17. The van der Waals surface area contributed by atoms with Crippen LogP contribution in [0.2, 0.25) is 0 Å². The Bertz CT molecular complexity index is 781. The number of thioether (sulfide) groups is 1. The molecule has 0 bridgehead atoms. The number of primary amides is 1. The average Bonchev–Trinajstić information content (AvgIpc) is 3.05. The highest BCUT2D eigenvalue weighted by atomic mass is 32.2. The number of hydrogen-bond donors (Lipinski definition) is 1. The molecule has 1 atom stereocenters. The number of hydrogen-bond acceptors (Lipinski definition) is 5. The molecule has 0 saturated heterocycles. The highest BCUT2D eigenvalue weighted by Gasteiger charge is 2.27. The second-order valence-electron chi connectivity index (χ2n) is 5.68. The molecule has 0 saturated carbocycles. The molecule has 6 heteroatoms. The monoisotopic (exact) mass is 332 g/mol. The second kappa shape index (κ2) is 6.20. The van der Waals surface area contributed by atoms with Gasteiger partial charge in [0, 0.05) is 16.0 Å². The fourth-order valence-corrected chi connectivity index (χ4v) is 3.78. The molecule has 1 aromatic heterocycles. The first-order chi connectivity index (χ1) is 11.0. The Morgan fingerprint density at radius 3 is 2.96 bits per heavy atom. The lowest BCUT2D eigenvalue weighted by Crippen LogP contribution is -2.40. The Morgan fingerprint density at radius 1 is 1.43 bits per heavy atom. The van der Waals surface area contributed by atoms with E-state index in [1.807, 2.05) is 49.9 Å². The van der Waals surface area contributed by atoms with Crippen LogP contribution in [0.3, 0.4) is 0 Å². The summed E-state index contributed by atoms with van der Waals surface area (Å²) in [5.74, 6) is 2.11. The summed E-state index contributed by atoms with van der Waals surface area (Å²) in [7, 11) is 0. The molecule has 2 heterocycles. The van der Waals surface area contributed by atoms with Crippen LogP contribution in [0.4, 0.5) is 0 Å². The van der Waals surface area contributed by atoms with Gasteiger partial charge in [-0.2, -0.15) is 0 Å². The topological polar surface area (TPSA) is 68.7 Å². The minimum atomic E-state index is -0.312. The molecule has 0 radical (unpaired) electrons. The Balaban J connectivity index is 1.70. The van der Waals surface area contributed by atoms with E-state index in [-0.39, 0.29) is 11.9 Å². The number of nitrogens with zero attached hydrogens (tertiary/aromatic N) is 1. The quantitative estimate of drug-likeness (QED) is 0.910. The third-order valence-corrected chi connectivity index (χ3v) is 5.24. The Labute approximate surface area is 139 Å². The summed E-state index contributed by atoms with van der Waals surface area (Å²) in [5.41, 5.74) is 7.31. The van der Waals surface area contributed by atoms with Gasteiger partial charge in [-0.1, -0.05) is 0 Å². The molecule has 3 rings (SSSR count). The number of furan rings is 1. The van der Waals surface area contributed by atoms with Gasteiger partial charge < -0.3 is 19.8 Å². The molecule has 0 aliphatic carbocycles. The number of fused-ring (bicyclic) bond motifs is 1. The van der Waals surface area contributed by atoms with Crippen molar-refractivity contribution in [2.75, 3.05) is 12.5 Å². The first-order valence-electron chi connectivity index (χ1n) is 7.47. The van der Waals surface area contributed by atoms with Crippen LogP contribution < -0.4 is 10.5 Å². The highest BCUT2D eigenvalue weighted by molar-refractivity contribution is 8.03. The van der Waals surface area contributed by atoms with Gasteiger partial charge in [0.25, 0.3) is 0 Å². The standard InChI is InChI=1S/C17H20N2O3S/c1-10-6-13-7-14(4-5-15(13)22-10)21-8-16-11(2)19(9-23-16)12(3)17(18)20/h4-7,12H,8-9H2,1-3H3,(H2,18,20)/t12-/m0/s1. The Morgan fingerprint density at radius 2 is 2.22 bits per heavy atom. The van der Waals surface area contributed by atoms with E-state index in [1.165, 1.54) is 0 Å². The smallest absolute Gasteiger partial charge is 0.239 e. The summed E-state index contributed by atoms with van der Waals surface area (Å²) >= 11 is 1.69. The molecule has 1 aromatic carbocycles. The molecular weight excluding hydrogens is 312 g/mol. The van der Waals surface area contributed by atoms with Crippen LogP contribution in [0, 0.1) is 6.92 Å². The van der Waals surface area contributed by atoms with Crippen LogP contribution in [0.1, 0.15) is 19.6 Å². The summed E-state index contributed by atoms with van der Waals surface area (Å²) in [6, 6.07) is 7.50. The number of amides is 1. The number of rotatable bonds is 5. The lowest BCUT2D eigenvalue weighted by atomic mass is 10.2. The summed E-state index contributed by atoms with van der Waals surface area (Å²) in [5, 5.41) is 1.04. The van der Waals surface area contributed by atoms with E-state index in [4.69, 9.17) is 14.9 Å². The summed E-state index contributed by atoms with van der Waals surface area (Å²) < 4.78 is 11.5. The molecule has 2 aromatic rings. The second-order valence-corrected chi connectivity index (χ2v) is 6.72. The van der Waals surface area contributed by atoms with Gasteiger partial charge in [-0.15, -0.1) is 11.8 Å². The summed E-state index contributed by atoms with van der Waals surface area (Å²) in [4.78, 5) is 14.5. The minimum absolute atomic E-state index is 0.301. The predicted octanol–water partition coefficient (Wildman–Crippen LogP) is 3.23. The SMILES string of the molecule is CC1=C(COc2ccc3oc(C)cc3c2)SCN1[C@@H](C)C(N)=O. The van der Waals surface area contributed by atoms with E-state index < -0.39 is 0 Å². The van der Waals surface area contributed by atoms with E-state index in [0.29, 0.717) is 6.61 Å². The average molecular weight is 332 g/mol. The third-order valence-electron chi connectivity index (χ3n) is 4.07. The van der Waals surface area contributed by atoms with Gasteiger partial charge in [-0.3, -0.25) is 4.79 Å². The maximum atomic E-state index is 11.4. The number of benzene rings is 1. The Kier molecular flexibility index (Phi) is 4.26. The predicted molar refractivity (Wildman–Crippen MR) is 92.1 cm³/mol. The molecule has 2 N–H and O–H groups in total. The first kappa shape index (κ1) is 15.8. The number of allylic oxidation sites excluding steroid dienone is 1. The van der Waals surface area contributed by atoms with Crippen molar-refractivity contribution in [2.45, 2.75) is 26.8 Å². The molecule has 1 amide bonds. The van der Waals surface area contributed by atoms with Crippen molar-refractivity contribution in [3.8, 4) is 5.75 Å². The van der Waals surface area contributed by atoms with Gasteiger partial charge in [0.1, 0.15) is 29.7 Å². The van der Waals surface area contributed by atoms with Crippen LogP contribution in [0.15, 0.2) is 39.3 Å². The normalized spacial score (nSPS) is 16.2. The van der Waals surface area contributed by atoms with Crippen molar-refractivity contribution < 1.29 is 13.9 Å². The summed E-state index contributed by atoms with van der Waals surface area (Å²) in [6.45, 7) is 6.24. The number of aryl methyl sites for hydroxylation is 1. The van der Waals surface area contributed by atoms with Crippen molar-refractivity contribution >= 4 is 28.6 Å². The summed E-state index contributed by atoms with van der Waals surface area (Å²) in [6.07, 6.45) is 0. The van der Waals surface area contributed by atoms with E-state index in [1.54, 1.807) is 11.8 Å². The van der Waals surface area contributed by atoms with Crippen LogP contribution >= 0.6 is 11.8 Å². The number of nitrogens with two attached hydrogens (primary N) is 1. The first-order valence-corrected chi connectivity index (χ1v) is 8.46. The fraction of sp³-hybridized carbons (Fsp3) is 0.353. The van der Waals surface area contributed by atoms with Crippen molar-refractivity contribution in [1.29, 1.82) is 0 Å². The maximum Gasteiger partial charge on any atom is 0.239 e. The highest BCUT2D eigenvalue weighted by Crippen LogP contribution is 2.34. The van der Waals surface area contributed by atoms with E-state index >= 15 is 0 Å². The number of ether oxygens (including phenoxy) is 1. The van der Waals surface area contributed by atoms with Crippen LogP contribution in [-0.4, -0.2) is 29.3 Å². The van der Waals surface area contributed by atoms with Crippen LogP contribution in [0.5, 0.6) is 5.75 Å². The van der Waals surface area contributed by atoms with Gasteiger partial charge in [-0.05, 0) is 45.0 Å². The molecule has 1 aliphatic rings. The van der Waals surface area contributed by atoms with Crippen molar-refractivity contribution in [1.82, 2.24) is 4.90 Å². The zero-order valence-corrected chi connectivity index (χ0v) is 14.3. The molecule has 122 valence electrons. The minimum Gasteiger partial charge on any atom is -0.488 e. The maximum absolute atomic E-state index is 11.4. The van der Waals surface area contributed by atoms with Gasteiger partial charge >= 0.3 is 0 Å². The van der Waals surface area contributed by atoms with E-state index in [0.717, 1.165) is 39.0 Å². The van der Waals surface area contributed by atoms with Crippen molar-refractivity contribution in [2.24, 2.45) is 5.73 Å². The lowest BCUT2D eigenvalue weighted by molar-refractivity contribution is -0.121. The number of carbonyl (C=O) groups excluding carboxylic acids is 1. The largest absolute Gasteiger partial charge is 0.488 e. The van der Waals surface area contributed by atoms with E-state index in [2.05, 4.69) is 0 Å². The number of carbonyl (C=O) groups is 1. The van der Waals surface area contributed by atoms with E-state index in [9.17, 15) is 4.79 Å². The van der Waals surface area contributed by atoms with Gasteiger partial charge in [-0.25, -0.2) is 0 Å². The molecule has 0 unspecified atom stereocenters.